The summed E-state index contributed by atoms with van der Waals surface area (Å²) < 4.78 is 10.6. The van der Waals surface area contributed by atoms with Crippen LogP contribution in [0.1, 0.15) is 30.1 Å². The van der Waals surface area contributed by atoms with Crippen molar-refractivity contribution in [1.29, 1.82) is 0 Å². The van der Waals surface area contributed by atoms with Gasteiger partial charge < -0.3 is 14.4 Å². The van der Waals surface area contributed by atoms with Gasteiger partial charge >= 0.3 is 0 Å². The fraction of sp³-hybridized carbons (Fsp3) is 0.500. The maximum Gasteiger partial charge on any atom is 0.256 e. The van der Waals surface area contributed by atoms with E-state index < -0.39 is 0 Å². The van der Waals surface area contributed by atoms with E-state index in [0.717, 1.165) is 25.7 Å². The fourth-order valence-corrected chi connectivity index (χ4v) is 2.73. The van der Waals surface area contributed by atoms with Crippen molar-refractivity contribution >= 4 is 25.7 Å². The number of hydrogen-bond acceptors (Lipinski definition) is 4. The lowest BCUT2D eigenvalue weighted by Gasteiger charge is -2.28. The van der Waals surface area contributed by atoms with Crippen molar-refractivity contribution in [2.24, 2.45) is 4.99 Å². The van der Waals surface area contributed by atoms with Gasteiger partial charge in [-0.2, -0.15) is 0 Å². The zero-order valence-electron chi connectivity index (χ0n) is 13.8. The third-order valence-electron chi connectivity index (χ3n) is 3.83. The lowest BCUT2D eigenvalue weighted by molar-refractivity contribution is 0.0735. The third kappa shape index (κ3) is 3.10. The van der Waals surface area contributed by atoms with Gasteiger partial charge in [0.25, 0.3) is 5.91 Å². The highest BCUT2D eigenvalue weighted by Gasteiger charge is 2.28. The van der Waals surface area contributed by atoms with E-state index in [9.17, 15) is 4.79 Å². The molecule has 0 fully saturated rings. The Morgan fingerprint density at radius 2 is 1.95 bits per heavy atom. The highest BCUT2D eigenvalue weighted by molar-refractivity contribution is 6.09. The fourth-order valence-electron chi connectivity index (χ4n) is 2.73. The topological polar surface area (TPSA) is 51.1 Å². The Hall–Kier alpha value is -1.98. The molecule has 1 atom stereocenters. The van der Waals surface area contributed by atoms with Crippen molar-refractivity contribution < 1.29 is 14.3 Å². The van der Waals surface area contributed by atoms with E-state index in [1.807, 2.05) is 11.1 Å². The van der Waals surface area contributed by atoms with E-state index in [1.165, 1.54) is 0 Å². The molecule has 0 spiro atoms. The van der Waals surface area contributed by atoms with Gasteiger partial charge in [-0.1, -0.05) is 19.7 Å². The number of ether oxygens (including phenoxy) is 2. The second kappa shape index (κ2) is 7.34. The molecule has 0 aromatic heterocycles. The first-order valence-electron chi connectivity index (χ1n) is 7.77. The summed E-state index contributed by atoms with van der Waals surface area (Å²) in [5.74, 6) is 1.14. The van der Waals surface area contributed by atoms with Crippen molar-refractivity contribution in [3.8, 4) is 11.5 Å². The monoisotopic (exact) mass is 302 g/mol. The lowest BCUT2D eigenvalue weighted by Crippen LogP contribution is -2.41. The summed E-state index contributed by atoms with van der Waals surface area (Å²) in [6.45, 7) is 2.84. The number of amides is 1. The molecule has 0 aliphatic carbocycles. The van der Waals surface area contributed by atoms with Gasteiger partial charge in [0, 0.05) is 18.8 Å². The van der Waals surface area contributed by atoms with Gasteiger partial charge in [0.15, 0.2) is 11.5 Å². The predicted molar refractivity (Wildman–Crippen MR) is 90.8 cm³/mol. The molecule has 1 heterocycles. The van der Waals surface area contributed by atoms with Crippen LogP contribution in [0.3, 0.4) is 0 Å². The van der Waals surface area contributed by atoms with Crippen LogP contribution in [-0.4, -0.2) is 51.7 Å². The number of nitrogens with zero attached hydrogens (tertiary/aromatic N) is 2. The molecule has 22 heavy (non-hydrogen) atoms. The molecule has 6 heteroatoms. The molecule has 5 nitrogen and oxygen atoms in total. The minimum Gasteiger partial charge on any atom is -0.493 e. The summed E-state index contributed by atoms with van der Waals surface area (Å²) in [5.41, 5.74) is 1.21. The van der Waals surface area contributed by atoms with Crippen LogP contribution in [0.4, 0.5) is 5.69 Å². The van der Waals surface area contributed by atoms with Crippen molar-refractivity contribution in [1.82, 2.24) is 4.90 Å². The zero-order valence-corrected chi connectivity index (χ0v) is 13.8. The summed E-state index contributed by atoms with van der Waals surface area (Å²) in [6, 6.07) is 3.54. The van der Waals surface area contributed by atoms with Crippen LogP contribution in [-0.2, 0) is 0 Å². The van der Waals surface area contributed by atoms with Gasteiger partial charge in [-0.05, 0) is 12.5 Å². The Morgan fingerprint density at radius 1 is 1.27 bits per heavy atom. The van der Waals surface area contributed by atoms with Gasteiger partial charge in [0.05, 0.1) is 31.5 Å². The molecule has 0 saturated carbocycles. The minimum atomic E-state index is 0.00810. The van der Waals surface area contributed by atoms with Crippen LogP contribution in [0, 0.1) is 0 Å². The second-order valence-electron chi connectivity index (χ2n) is 5.36. The molecule has 0 radical (unpaired) electrons. The SMILES string of the molecule is BCCN1C(=O)c2cc(OC)c(OC)cc2N=C[C@@H]1CCC. The maximum atomic E-state index is 12.9. The number of aliphatic imine (C=N–C) groups is 1. The van der Waals surface area contributed by atoms with Crippen LogP contribution in [0.25, 0.3) is 0 Å². The Kier molecular flexibility index (Phi) is 5.47. The smallest absolute Gasteiger partial charge is 0.256 e. The van der Waals surface area contributed by atoms with E-state index in [-0.39, 0.29) is 11.9 Å². The molecule has 0 N–H and O–H groups in total. The van der Waals surface area contributed by atoms with Gasteiger partial charge in [-0.25, -0.2) is 0 Å². The minimum absolute atomic E-state index is 0.00810. The van der Waals surface area contributed by atoms with Crippen LogP contribution in [0.15, 0.2) is 17.1 Å². The number of carbonyl (C=O) groups excluding carboxylic acids is 1. The van der Waals surface area contributed by atoms with Crippen LogP contribution in [0.2, 0.25) is 6.32 Å². The Morgan fingerprint density at radius 3 is 2.55 bits per heavy atom. The van der Waals surface area contributed by atoms with Gasteiger partial charge in [-0.3, -0.25) is 9.79 Å². The summed E-state index contributed by atoms with van der Waals surface area (Å²) in [6.07, 6.45) is 4.72. The van der Waals surface area contributed by atoms with Gasteiger partial charge in [0.2, 0.25) is 0 Å². The molecule has 0 saturated heterocycles. The van der Waals surface area contributed by atoms with Crippen LogP contribution in [0.5, 0.6) is 11.5 Å². The zero-order chi connectivity index (χ0) is 16.1. The molecule has 2 rings (SSSR count). The first kappa shape index (κ1) is 16.4. The summed E-state index contributed by atoms with van der Waals surface area (Å²) >= 11 is 0. The summed E-state index contributed by atoms with van der Waals surface area (Å²) in [5, 5.41) is 0. The van der Waals surface area contributed by atoms with Crippen molar-refractivity contribution in [2.75, 3.05) is 20.8 Å². The standard InChI is InChI=1S/C16H23BN2O3/c1-4-5-11-10-18-13-9-15(22-3)14(21-2)8-12(13)16(20)19(11)7-6-17/h8-11H,4-7,17H2,1-3H3/t11-/m0/s1. The number of rotatable bonds is 6. The summed E-state index contributed by atoms with van der Waals surface area (Å²) in [7, 11) is 5.22. The van der Waals surface area contributed by atoms with Crippen molar-refractivity contribution in [2.45, 2.75) is 32.1 Å². The molecule has 1 amide bonds. The average molecular weight is 302 g/mol. The number of carbonyl (C=O) groups is 1. The molecule has 118 valence electrons. The number of fused-ring (bicyclic) bond motifs is 1. The quantitative estimate of drug-likeness (QED) is 0.756. The molecular formula is C16H23BN2O3. The molecular weight excluding hydrogens is 279 g/mol. The molecule has 1 aliphatic rings. The van der Waals surface area contributed by atoms with Crippen LogP contribution < -0.4 is 9.47 Å². The first-order valence-corrected chi connectivity index (χ1v) is 7.77. The number of benzene rings is 1. The van der Waals surface area contributed by atoms with Gasteiger partial charge in [-0.15, -0.1) is 0 Å². The molecule has 1 aromatic carbocycles. The Balaban J connectivity index is 2.50. The number of hydrogen-bond donors (Lipinski definition) is 0. The van der Waals surface area contributed by atoms with Crippen molar-refractivity contribution in [3.05, 3.63) is 17.7 Å². The van der Waals surface area contributed by atoms with Crippen LogP contribution >= 0.6 is 0 Å². The third-order valence-corrected chi connectivity index (χ3v) is 3.83. The Bertz CT molecular complexity index is 575. The molecule has 1 aromatic rings. The first-order chi connectivity index (χ1) is 10.7. The molecule has 0 bridgehead atoms. The maximum absolute atomic E-state index is 12.9. The molecule has 0 unspecified atom stereocenters. The van der Waals surface area contributed by atoms with Gasteiger partial charge in [0.1, 0.15) is 7.85 Å². The van der Waals surface area contributed by atoms with E-state index >= 15 is 0 Å². The van der Waals surface area contributed by atoms with E-state index in [4.69, 9.17) is 9.47 Å². The largest absolute Gasteiger partial charge is 0.493 e. The lowest BCUT2D eigenvalue weighted by atomic mass is 10.0. The summed E-state index contributed by atoms with van der Waals surface area (Å²) in [4.78, 5) is 19.4. The normalized spacial score (nSPS) is 17.1. The molecule has 1 aliphatic heterocycles. The number of methoxy groups -OCH3 is 2. The van der Waals surface area contributed by atoms with E-state index in [1.54, 1.807) is 26.4 Å². The highest BCUT2D eigenvalue weighted by atomic mass is 16.5. The van der Waals surface area contributed by atoms with E-state index in [0.29, 0.717) is 22.7 Å². The average Bonchev–Trinajstić information content (AvgIpc) is 2.66. The second-order valence-corrected chi connectivity index (χ2v) is 5.36. The highest BCUT2D eigenvalue weighted by Crippen LogP contribution is 2.36. The van der Waals surface area contributed by atoms with E-state index in [2.05, 4.69) is 19.8 Å². The Labute approximate surface area is 132 Å². The van der Waals surface area contributed by atoms with Crippen molar-refractivity contribution in [3.63, 3.8) is 0 Å². The predicted octanol–water partition coefficient (Wildman–Crippen LogP) is 2.08.